The van der Waals surface area contributed by atoms with Crippen LogP contribution in [0.1, 0.15) is 38.2 Å². The molecule has 1 aliphatic heterocycles. The summed E-state index contributed by atoms with van der Waals surface area (Å²) in [6, 6.07) is 4.08. The normalized spacial score (nSPS) is 20.6. The number of likely N-dealkylation sites (tertiary alicyclic amines) is 1. The van der Waals surface area contributed by atoms with Crippen molar-refractivity contribution in [3.63, 3.8) is 0 Å². The van der Waals surface area contributed by atoms with Crippen LogP contribution < -0.4 is 0 Å². The van der Waals surface area contributed by atoms with Gasteiger partial charge >= 0.3 is 0 Å². The Morgan fingerprint density at radius 1 is 1.53 bits per heavy atom. The van der Waals surface area contributed by atoms with Crippen molar-refractivity contribution >= 4 is 5.91 Å². The third kappa shape index (κ3) is 2.84. The molecule has 0 aromatic carbocycles. The topological polar surface area (TPSA) is 33.2 Å². The van der Waals surface area contributed by atoms with Gasteiger partial charge in [-0.05, 0) is 24.5 Å². The van der Waals surface area contributed by atoms with Gasteiger partial charge in [-0.3, -0.25) is 9.78 Å². The van der Waals surface area contributed by atoms with Crippen molar-refractivity contribution < 1.29 is 4.79 Å². The zero-order chi connectivity index (χ0) is 12.3. The molecule has 0 aliphatic carbocycles. The number of piperidine rings is 1. The number of amides is 1. The first-order valence-corrected chi connectivity index (χ1v) is 6.37. The maximum atomic E-state index is 12.0. The van der Waals surface area contributed by atoms with Crippen molar-refractivity contribution in [2.24, 2.45) is 5.92 Å². The van der Waals surface area contributed by atoms with E-state index < -0.39 is 0 Å². The quantitative estimate of drug-likeness (QED) is 0.784. The molecule has 0 N–H and O–H groups in total. The molecule has 0 saturated carbocycles. The maximum absolute atomic E-state index is 12.0. The van der Waals surface area contributed by atoms with Crippen LogP contribution in [0.4, 0.5) is 0 Å². The summed E-state index contributed by atoms with van der Waals surface area (Å²) in [5, 5.41) is 0. The average molecular weight is 232 g/mol. The van der Waals surface area contributed by atoms with E-state index in [0.29, 0.717) is 5.92 Å². The number of carbonyl (C=O) groups excluding carboxylic acids is 1. The highest BCUT2D eigenvalue weighted by molar-refractivity contribution is 5.78. The van der Waals surface area contributed by atoms with Gasteiger partial charge in [-0.25, -0.2) is 0 Å². The minimum atomic E-state index is 0.0997. The lowest BCUT2D eigenvalue weighted by atomic mass is 9.91. The van der Waals surface area contributed by atoms with Gasteiger partial charge < -0.3 is 4.90 Å². The third-order valence-electron chi connectivity index (χ3n) is 3.38. The average Bonchev–Trinajstić information content (AvgIpc) is 2.39. The molecule has 1 saturated heterocycles. The summed E-state index contributed by atoms with van der Waals surface area (Å²) in [5.41, 5.74) is 1.26. The second-order valence-corrected chi connectivity index (χ2v) is 5.06. The summed E-state index contributed by atoms with van der Waals surface area (Å²) in [4.78, 5) is 18.2. The molecule has 1 amide bonds. The Morgan fingerprint density at radius 2 is 2.35 bits per heavy atom. The second kappa shape index (κ2) is 5.30. The molecule has 1 unspecified atom stereocenters. The number of carbonyl (C=O) groups is 1. The molecule has 17 heavy (non-hydrogen) atoms. The monoisotopic (exact) mass is 232 g/mol. The lowest BCUT2D eigenvalue weighted by molar-refractivity contribution is -0.135. The fourth-order valence-electron chi connectivity index (χ4n) is 2.43. The molecule has 0 radical (unpaired) electrons. The highest BCUT2D eigenvalue weighted by Crippen LogP contribution is 2.26. The molecule has 1 aromatic rings. The molecule has 3 nitrogen and oxygen atoms in total. The van der Waals surface area contributed by atoms with Gasteiger partial charge in [0.25, 0.3) is 0 Å². The Hall–Kier alpha value is -1.38. The van der Waals surface area contributed by atoms with E-state index in [9.17, 15) is 4.79 Å². The number of hydrogen-bond donors (Lipinski definition) is 0. The lowest BCUT2D eigenvalue weighted by Crippen LogP contribution is -2.41. The Balaban J connectivity index is 2.05. The predicted octanol–water partition coefficient (Wildman–Crippen LogP) is 2.44. The van der Waals surface area contributed by atoms with E-state index in [2.05, 4.69) is 11.1 Å². The van der Waals surface area contributed by atoms with Crippen molar-refractivity contribution in [3.8, 4) is 0 Å². The van der Waals surface area contributed by atoms with Crippen molar-refractivity contribution in [1.82, 2.24) is 9.88 Å². The highest BCUT2D eigenvalue weighted by Gasteiger charge is 2.25. The third-order valence-corrected chi connectivity index (χ3v) is 3.38. The van der Waals surface area contributed by atoms with Crippen LogP contribution >= 0.6 is 0 Å². The van der Waals surface area contributed by atoms with Gasteiger partial charge in [-0.1, -0.05) is 19.9 Å². The van der Waals surface area contributed by atoms with E-state index in [-0.39, 0.29) is 11.8 Å². The summed E-state index contributed by atoms with van der Waals surface area (Å²) in [6.07, 6.45) is 5.98. The lowest BCUT2D eigenvalue weighted by Gasteiger charge is -2.34. The van der Waals surface area contributed by atoms with Gasteiger partial charge in [0.1, 0.15) is 0 Å². The zero-order valence-electron chi connectivity index (χ0n) is 10.6. The summed E-state index contributed by atoms with van der Waals surface area (Å²) in [7, 11) is 0. The molecule has 1 aliphatic rings. The first-order chi connectivity index (χ1) is 8.18. The molecule has 0 bridgehead atoms. The molecule has 3 heteroatoms. The van der Waals surface area contributed by atoms with Crippen LogP contribution in [0.15, 0.2) is 24.5 Å². The van der Waals surface area contributed by atoms with Crippen molar-refractivity contribution in [2.75, 3.05) is 13.1 Å². The fourth-order valence-corrected chi connectivity index (χ4v) is 2.43. The molecule has 2 heterocycles. The first-order valence-electron chi connectivity index (χ1n) is 6.37. The molecule has 92 valence electrons. The smallest absolute Gasteiger partial charge is 0.225 e. The SMILES string of the molecule is CC(C)C(=O)N1CCCC(c2cccnc2)C1. The van der Waals surface area contributed by atoms with Gasteiger partial charge in [0, 0.05) is 37.3 Å². The molecule has 1 aromatic heterocycles. The van der Waals surface area contributed by atoms with Gasteiger partial charge in [0.2, 0.25) is 5.91 Å². The summed E-state index contributed by atoms with van der Waals surface area (Å²) >= 11 is 0. The van der Waals surface area contributed by atoms with Gasteiger partial charge in [0.05, 0.1) is 0 Å². The van der Waals surface area contributed by atoms with Crippen molar-refractivity contribution in [3.05, 3.63) is 30.1 Å². The Kier molecular flexibility index (Phi) is 3.77. The number of hydrogen-bond acceptors (Lipinski definition) is 2. The second-order valence-electron chi connectivity index (χ2n) is 5.06. The molecule has 0 spiro atoms. The number of nitrogens with zero attached hydrogens (tertiary/aromatic N) is 2. The number of pyridine rings is 1. The Morgan fingerprint density at radius 3 is 3.00 bits per heavy atom. The molecular formula is C14H20N2O. The van der Waals surface area contributed by atoms with E-state index in [1.54, 1.807) is 6.20 Å². The fraction of sp³-hybridized carbons (Fsp3) is 0.571. The largest absolute Gasteiger partial charge is 0.342 e. The van der Waals surface area contributed by atoms with Crippen LogP contribution in [0.3, 0.4) is 0 Å². The van der Waals surface area contributed by atoms with Gasteiger partial charge in [-0.2, -0.15) is 0 Å². The minimum absolute atomic E-state index is 0.0997. The molecule has 2 rings (SSSR count). The van der Waals surface area contributed by atoms with Crippen LogP contribution in [-0.4, -0.2) is 28.9 Å². The van der Waals surface area contributed by atoms with E-state index in [1.165, 1.54) is 5.56 Å². The minimum Gasteiger partial charge on any atom is -0.342 e. The maximum Gasteiger partial charge on any atom is 0.225 e. The van der Waals surface area contributed by atoms with Crippen LogP contribution in [0, 0.1) is 5.92 Å². The highest BCUT2D eigenvalue weighted by atomic mass is 16.2. The van der Waals surface area contributed by atoms with Crippen LogP contribution in [-0.2, 0) is 4.79 Å². The summed E-state index contributed by atoms with van der Waals surface area (Å²) in [6.45, 7) is 5.70. The molecule has 1 fully saturated rings. The van der Waals surface area contributed by atoms with E-state index >= 15 is 0 Å². The number of rotatable bonds is 2. The number of aromatic nitrogens is 1. The first kappa shape index (κ1) is 12.1. The van der Waals surface area contributed by atoms with Gasteiger partial charge in [-0.15, -0.1) is 0 Å². The van der Waals surface area contributed by atoms with Crippen LogP contribution in [0.2, 0.25) is 0 Å². The standard InChI is InChI=1S/C14H20N2O/c1-11(2)14(17)16-8-4-6-13(10-16)12-5-3-7-15-9-12/h3,5,7,9,11,13H,4,6,8,10H2,1-2H3. The predicted molar refractivity (Wildman–Crippen MR) is 67.6 cm³/mol. The van der Waals surface area contributed by atoms with Crippen LogP contribution in [0.25, 0.3) is 0 Å². The van der Waals surface area contributed by atoms with E-state index in [0.717, 1.165) is 25.9 Å². The van der Waals surface area contributed by atoms with Crippen LogP contribution in [0.5, 0.6) is 0 Å². The van der Waals surface area contributed by atoms with E-state index in [4.69, 9.17) is 0 Å². The summed E-state index contributed by atoms with van der Waals surface area (Å²) < 4.78 is 0. The van der Waals surface area contributed by atoms with E-state index in [1.807, 2.05) is 31.0 Å². The Bertz CT molecular complexity index is 375. The van der Waals surface area contributed by atoms with Crippen molar-refractivity contribution in [1.29, 1.82) is 0 Å². The molecule has 1 atom stereocenters. The summed E-state index contributed by atoms with van der Waals surface area (Å²) in [5.74, 6) is 0.835. The Labute approximate surface area is 103 Å². The van der Waals surface area contributed by atoms with Gasteiger partial charge in [0.15, 0.2) is 0 Å². The molecular weight excluding hydrogens is 212 g/mol. The van der Waals surface area contributed by atoms with Crippen molar-refractivity contribution in [2.45, 2.75) is 32.6 Å². The zero-order valence-corrected chi connectivity index (χ0v) is 10.6.